The quantitative estimate of drug-likeness (QED) is 0.461. The number of hydrogen-bond acceptors (Lipinski definition) is 2. The first-order valence-electron chi connectivity index (χ1n) is 10.3. The van der Waals surface area contributed by atoms with Crippen LogP contribution in [-0.2, 0) is 16.8 Å². The second kappa shape index (κ2) is 9.13. The minimum absolute atomic E-state index is 0.00527. The van der Waals surface area contributed by atoms with Gasteiger partial charge in [-0.3, -0.25) is 4.79 Å². The van der Waals surface area contributed by atoms with Gasteiger partial charge in [0.25, 0.3) is 0 Å². The molecule has 0 spiro atoms. The summed E-state index contributed by atoms with van der Waals surface area (Å²) in [6.45, 7) is 13.4. The number of piperidine rings is 1. The van der Waals surface area contributed by atoms with Gasteiger partial charge in [-0.05, 0) is 53.5 Å². The Morgan fingerprint density at radius 3 is 2.66 bits per heavy atom. The van der Waals surface area contributed by atoms with Crippen LogP contribution in [0.3, 0.4) is 0 Å². The maximum Gasteiger partial charge on any atom is 0.246 e. The van der Waals surface area contributed by atoms with Gasteiger partial charge in [0.2, 0.25) is 5.91 Å². The van der Waals surface area contributed by atoms with Gasteiger partial charge in [0.1, 0.15) is 12.4 Å². The van der Waals surface area contributed by atoms with Crippen LogP contribution < -0.4 is 4.74 Å². The van der Waals surface area contributed by atoms with Crippen molar-refractivity contribution < 1.29 is 9.53 Å². The summed E-state index contributed by atoms with van der Waals surface area (Å²) in [5.74, 6) is 1.20. The van der Waals surface area contributed by atoms with Crippen LogP contribution in [-0.4, -0.2) is 23.4 Å². The van der Waals surface area contributed by atoms with Crippen molar-refractivity contribution in [1.82, 2.24) is 4.90 Å². The van der Waals surface area contributed by atoms with E-state index in [0.29, 0.717) is 12.5 Å². The Labute approximate surface area is 174 Å². The highest BCUT2D eigenvalue weighted by atomic mass is 16.5. The highest BCUT2D eigenvalue weighted by Crippen LogP contribution is 2.43. The van der Waals surface area contributed by atoms with Gasteiger partial charge >= 0.3 is 0 Å². The molecule has 1 amide bonds. The molecule has 2 aromatic carbocycles. The van der Waals surface area contributed by atoms with Crippen LogP contribution in [0.4, 0.5) is 0 Å². The lowest BCUT2D eigenvalue weighted by molar-refractivity contribution is -0.132. The van der Waals surface area contributed by atoms with Crippen LogP contribution >= 0.6 is 0 Å². The predicted octanol–water partition coefficient (Wildman–Crippen LogP) is 5.52. The molecule has 0 N–H and O–H groups in total. The van der Waals surface area contributed by atoms with Gasteiger partial charge in [-0.1, -0.05) is 69.0 Å². The van der Waals surface area contributed by atoms with E-state index in [1.54, 1.807) is 0 Å². The van der Waals surface area contributed by atoms with Crippen LogP contribution in [0.25, 0.3) is 0 Å². The molecule has 1 heterocycles. The van der Waals surface area contributed by atoms with Crippen molar-refractivity contribution in [3.8, 4) is 5.75 Å². The van der Waals surface area contributed by atoms with E-state index >= 15 is 0 Å². The molecule has 0 bridgehead atoms. The van der Waals surface area contributed by atoms with Crippen molar-refractivity contribution >= 4 is 5.91 Å². The van der Waals surface area contributed by atoms with E-state index in [0.717, 1.165) is 30.7 Å². The van der Waals surface area contributed by atoms with Crippen LogP contribution in [0, 0.1) is 5.92 Å². The molecule has 2 aromatic rings. The van der Waals surface area contributed by atoms with Crippen molar-refractivity contribution in [2.24, 2.45) is 5.92 Å². The molecule has 0 radical (unpaired) electrons. The molecule has 1 saturated heterocycles. The van der Waals surface area contributed by atoms with Crippen molar-refractivity contribution in [2.75, 3.05) is 6.54 Å². The summed E-state index contributed by atoms with van der Waals surface area (Å²) in [7, 11) is 0. The van der Waals surface area contributed by atoms with Gasteiger partial charge in [-0.25, -0.2) is 0 Å². The van der Waals surface area contributed by atoms with E-state index in [-0.39, 0.29) is 17.4 Å². The van der Waals surface area contributed by atoms with Crippen LogP contribution in [0.5, 0.6) is 5.75 Å². The van der Waals surface area contributed by atoms with Gasteiger partial charge in [0.05, 0.1) is 0 Å². The first kappa shape index (κ1) is 20.9. The zero-order valence-electron chi connectivity index (χ0n) is 17.5. The SMILES string of the molecule is C=CC[C@@H]1C[C@@](C)(c2cccc(OCc3ccccc3)c2)[C@@H](C)CN1C(=O)C=C. The maximum absolute atomic E-state index is 12.4. The Balaban J connectivity index is 1.81. The number of carbonyl (C=O) groups is 1. The second-order valence-electron chi connectivity index (χ2n) is 8.20. The lowest BCUT2D eigenvalue weighted by Crippen LogP contribution is -2.54. The molecule has 3 rings (SSSR count). The smallest absolute Gasteiger partial charge is 0.246 e. The van der Waals surface area contributed by atoms with Crippen molar-refractivity contribution in [1.29, 1.82) is 0 Å². The summed E-state index contributed by atoms with van der Waals surface area (Å²) in [5, 5.41) is 0. The normalized spacial score (nSPS) is 24.0. The standard InChI is InChI=1S/C26H31NO2/c1-5-11-23-17-26(4,20(3)18-27(23)25(28)6-2)22-14-10-15-24(16-22)29-19-21-12-8-7-9-13-21/h5-10,12-16,20,23H,1-2,11,17-19H2,3-4H3/t20-,23+,26+/m0/s1. The topological polar surface area (TPSA) is 29.5 Å². The summed E-state index contributed by atoms with van der Waals surface area (Å²) in [6.07, 6.45) is 5.00. The van der Waals surface area contributed by atoms with Gasteiger partial charge in [0.15, 0.2) is 0 Å². The predicted molar refractivity (Wildman–Crippen MR) is 119 cm³/mol. The third kappa shape index (κ3) is 4.61. The molecule has 0 aromatic heterocycles. The average molecular weight is 390 g/mol. The summed E-state index contributed by atoms with van der Waals surface area (Å²) < 4.78 is 6.06. The molecule has 3 atom stereocenters. The highest BCUT2D eigenvalue weighted by molar-refractivity contribution is 5.87. The zero-order chi connectivity index (χ0) is 20.9. The second-order valence-corrected chi connectivity index (χ2v) is 8.20. The minimum atomic E-state index is -0.0439. The molecule has 0 saturated carbocycles. The van der Waals surface area contributed by atoms with E-state index in [4.69, 9.17) is 4.74 Å². The average Bonchev–Trinajstić information content (AvgIpc) is 2.75. The highest BCUT2D eigenvalue weighted by Gasteiger charge is 2.43. The third-order valence-corrected chi connectivity index (χ3v) is 6.30. The van der Waals surface area contributed by atoms with Crippen LogP contribution in [0.1, 0.15) is 37.8 Å². The molecular formula is C26H31NO2. The van der Waals surface area contributed by atoms with Crippen molar-refractivity contribution in [2.45, 2.75) is 44.8 Å². The van der Waals surface area contributed by atoms with Crippen molar-refractivity contribution in [3.63, 3.8) is 0 Å². The van der Waals surface area contributed by atoms with E-state index < -0.39 is 0 Å². The van der Waals surface area contributed by atoms with Gasteiger partial charge in [-0.2, -0.15) is 0 Å². The summed E-state index contributed by atoms with van der Waals surface area (Å²) in [6, 6.07) is 18.8. The molecule has 3 heteroatoms. The van der Waals surface area contributed by atoms with E-state index in [9.17, 15) is 4.79 Å². The Morgan fingerprint density at radius 2 is 1.97 bits per heavy atom. The van der Waals surface area contributed by atoms with Crippen molar-refractivity contribution in [3.05, 3.63) is 91.0 Å². The number of benzene rings is 2. The number of carbonyl (C=O) groups excluding carboxylic acids is 1. The lowest BCUT2D eigenvalue weighted by atomic mass is 9.65. The molecule has 1 fully saturated rings. The molecule has 1 aliphatic rings. The fourth-order valence-electron chi connectivity index (χ4n) is 4.32. The maximum atomic E-state index is 12.4. The Morgan fingerprint density at radius 1 is 1.21 bits per heavy atom. The van der Waals surface area contributed by atoms with Crippen LogP contribution in [0.15, 0.2) is 79.9 Å². The molecule has 152 valence electrons. The molecule has 29 heavy (non-hydrogen) atoms. The minimum Gasteiger partial charge on any atom is -0.489 e. The molecule has 3 nitrogen and oxygen atoms in total. The van der Waals surface area contributed by atoms with Gasteiger partial charge in [0, 0.05) is 12.6 Å². The fraction of sp³-hybridized carbons (Fsp3) is 0.346. The molecule has 1 aliphatic heterocycles. The summed E-state index contributed by atoms with van der Waals surface area (Å²) in [5.41, 5.74) is 2.37. The summed E-state index contributed by atoms with van der Waals surface area (Å²) >= 11 is 0. The molecule has 0 unspecified atom stereocenters. The molecular weight excluding hydrogens is 358 g/mol. The largest absolute Gasteiger partial charge is 0.489 e. The Bertz CT molecular complexity index is 860. The first-order chi connectivity index (χ1) is 14.0. The Kier molecular flexibility index (Phi) is 6.58. The monoisotopic (exact) mass is 389 g/mol. The lowest BCUT2D eigenvalue weighted by Gasteiger charge is -2.49. The third-order valence-electron chi connectivity index (χ3n) is 6.30. The number of amides is 1. The summed E-state index contributed by atoms with van der Waals surface area (Å²) in [4.78, 5) is 14.3. The molecule has 0 aliphatic carbocycles. The van der Waals surface area contributed by atoms with E-state index in [1.807, 2.05) is 35.2 Å². The first-order valence-corrected chi connectivity index (χ1v) is 10.3. The van der Waals surface area contributed by atoms with E-state index in [1.165, 1.54) is 11.6 Å². The fourth-order valence-corrected chi connectivity index (χ4v) is 4.32. The van der Waals surface area contributed by atoms with Gasteiger partial charge < -0.3 is 9.64 Å². The number of hydrogen-bond donors (Lipinski definition) is 0. The van der Waals surface area contributed by atoms with E-state index in [2.05, 4.69) is 57.3 Å². The Hall–Kier alpha value is -2.81. The van der Waals surface area contributed by atoms with Gasteiger partial charge in [-0.15, -0.1) is 6.58 Å². The zero-order valence-corrected chi connectivity index (χ0v) is 17.5. The number of ether oxygens (including phenoxy) is 1. The number of nitrogens with zero attached hydrogens (tertiary/aromatic N) is 1. The number of rotatable bonds is 7. The number of likely N-dealkylation sites (tertiary alicyclic amines) is 1. The van der Waals surface area contributed by atoms with Crippen LogP contribution in [0.2, 0.25) is 0 Å².